The van der Waals surface area contributed by atoms with Crippen LogP contribution in [0.25, 0.3) is 11.0 Å². The van der Waals surface area contributed by atoms with Crippen molar-refractivity contribution in [3.63, 3.8) is 0 Å². The van der Waals surface area contributed by atoms with Gasteiger partial charge in [0.2, 0.25) is 0 Å². The van der Waals surface area contributed by atoms with Crippen LogP contribution in [0.15, 0.2) is 57.9 Å². The van der Waals surface area contributed by atoms with Crippen LogP contribution in [0, 0.1) is 0 Å². The number of rotatable bonds is 5. The Morgan fingerprint density at radius 2 is 1.88 bits per heavy atom. The summed E-state index contributed by atoms with van der Waals surface area (Å²) >= 11 is 0. The second-order valence-corrected chi connectivity index (χ2v) is 6.51. The van der Waals surface area contributed by atoms with Gasteiger partial charge in [0.15, 0.2) is 5.78 Å². The van der Waals surface area contributed by atoms with Gasteiger partial charge in [-0.2, -0.15) is 0 Å². The molecule has 0 saturated carbocycles. The minimum absolute atomic E-state index is 0.00522. The van der Waals surface area contributed by atoms with E-state index in [0.29, 0.717) is 11.0 Å². The second-order valence-electron chi connectivity index (χ2n) is 6.51. The van der Waals surface area contributed by atoms with Crippen molar-refractivity contribution >= 4 is 16.8 Å². The Morgan fingerprint density at radius 3 is 2.54 bits per heavy atom. The van der Waals surface area contributed by atoms with E-state index in [9.17, 15) is 9.59 Å². The summed E-state index contributed by atoms with van der Waals surface area (Å²) in [5.41, 5.74) is 0.678. The predicted molar refractivity (Wildman–Crippen MR) is 94.3 cm³/mol. The van der Waals surface area contributed by atoms with E-state index in [1.165, 1.54) is 4.57 Å². The average molecular weight is 323 g/mol. The van der Waals surface area contributed by atoms with Gasteiger partial charge in [-0.3, -0.25) is 9.59 Å². The van der Waals surface area contributed by atoms with Gasteiger partial charge in [-0.15, -0.1) is 0 Å². The minimum Gasteiger partial charge on any atom is -0.461 e. The molecule has 0 N–H and O–H groups in total. The van der Waals surface area contributed by atoms with Crippen molar-refractivity contribution < 1.29 is 9.21 Å². The summed E-state index contributed by atoms with van der Waals surface area (Å²) in [7, 11) is 0. The third-order valence-corrected chi connectivity index (χ3v) is 4.56. The third kappa shape index (κ3) is 2.80. The van der Waals surface area contributed by atoms with Gasteiger partial charge in [-0.25, -0.2) is 0 Å². The fraction of sp³-hybridized carbons (Fsp3) is 0.300. The molecule has 0 aliphatic heterocycles. The molecule has 24 heavy (non-hydrogen) atoms. The Balaban J connectivity index is 1.93. The summed E-state index contributed by atoms with van der Waals surface area (Å²) in [6.07, 6.45) is 2.36. The molecule has 3 aromatic rings. The molecule has 1 aromatic carbocycles. The molecule has 2 aromatic heterocycles. The zero-order chi connectivity index (χ0) is 17.3. The number of pyridine rings is 1. The number of hydrogen-bond donors (Lipinski definition) is 0. The summed E-state index contributed by atoms with van der Waals surface area (Å²) in [4.78, 5) is 25.4. The highest BCUT2D eigenvalue weighted by Crippen LogP contribution is 2.24. The monoisotopic (exact) mass is 323 g/mol. The number of carbonyl (C=O) groups is 1. The number of ketones is 1. The Labute approximate surface area is 140 Å². The molecule has 0 fully saturated rings. The predicted octanol–water partition coefficient (Wildman–Crippen LogP) is 3.70. The van der Waals surface area contributed by atoms with Gasteiger partial charge in [0.1, 0.15) is 11.3 Å². The molecule has 3 rings (SSSR count). The van der Waals surface area contributed by atoms with E-state index in [4.69, 9.17) is 4.42 Å². The van der Waals surface area contributed by atoms with Gasteiger partial charge in [0.05, 0.1) is 17.3 Å². The number of aryl methyl sites for hydroxylation is 1. The van der Waals surface area contributed by atoms with Crippen LogP contribution in [-0.4, -0.2) is 10.4 Å². The van der Waals surface area contributed by atoms with Crippen LogP contribution < -0.4 is 5.56 Å². The lowest BCUT2D eigenvalue weighted by molar-refractivity contribution is -0.124. The van der Waals surface area contributed by atoms with E-state index in [2.05, 4.69) is 0 Å². The first-order valence-corrected chi connectivity index (χ1v) is 8.14. The van der Waals surface area contributed by atoms with Crippen LogP contribution in [0.3, 0.4) is 0 Å². The molecule has 4 nitrogen and oxygen atoms in total. The van der Waals surface area contributed by atoms with Gasteiger partial charge in [0, 0.05) is 12.6 Å². The van der Waals surface area contributed by atoms with Crippen LogP contribution in [0.5, 0.6) is 0 Å². The van der Waals surface area contributed by atoms with Crippen LogP contribution in [0.2, 0.25) is 0 Å². The second kappa shape index (κ2) is 6.11. The Kier molecular flexibility index (Phi) is 4.14. The summed E-state index contributed by atoms with van der Waals surface area (Å²) in [5, 5.41) is 0.527. The van der Waals surface area contributed by atoms with Gasteiger partial charge in [-0.05, 0) is 31.5 Å². The minimum atomic E-state index is -0.652. The molecule has 0 spiro atoms. The van der Waals surface area contributed by atoms with Crippen LogP contribution in [0.1, 0.15) is 32.1 Å². The maximum Gasteiger partial charge on any atom is 0.262 e. The summed E-state index contributed by atoms with van der Waals surface area (Å²) in [6.45, 7) is 5.80. The molecule has 0 aliphatic rings. The average Bonchev–Trinajstić information content (AvgIpc) is 3.02. The summed E-state index contributed by atoms with van der Waals surface area (Å²) < 4.78 is 7.06. The quantitative estimate of drug-likeness (QED) is 0.719. The summed E-state index contributed by atoms with van der Waals surface area (Å²) in [5.74, 6) is 0.769. The Hall–Kier alpha value is -2.62. The number of furan rings is 1. The molecular weight excluding hydrogens is 302 g/mol. The first-order valence-electron chi connectivity index (χ1n) is 8.14. The zero-order valence-corrected chi connectivity index (χ0v) is 14.2. The van der Waals surface area contributed by atoms with Crippen molar-refractivity contribution in [2.75, 3.05) is 0 Å². The van der Waals surface area contributed by atoms with E-state index in [0.717, 1.165) is 17.7 Å². The van der Waals surface area contributed by atoms with Crippen LogP contribution >= 0.6 is 0 Å². The van der Waals surface area contributed by atoms with Gasteiger partial charge < -0.3 is 8.98 Å². The molecular formula is C20H21NO3. The smallest absolute Gasteiger partial charge is 0.262 e. The fourth-order valence-electron chi connectivity index (χ4n) is 2.80. The summed E-state index contributed by atoms with van der Waals surface area (Å²) in [6, 6.07) is 13.1. The molecule has 0 aliphatic carbocycles. The number of aromatic nitrogens is 1. The first-order chi connectivity index (χ1) is 11.4. The van der Waals surface area contributed by atoms with E-state index in [1.54, 1.807) is 18.3 Å². The van der Waals surface area contributed by atoms with E-state index in [1.807, 2.05) is 51.1 Å². The van der Waals surface area contributed by atoms with Crippen molar-refractivity contribution in [2.45, 2.75) is 39.2 Å². The molecule has 0 atom stereocenters. The van der Waals surface area contributed by atoms with E-state index in [-0.39, 0.29) is 17.9 Å². The highest BCUT2D eigenvalue weighted by Gasteiger charge is 2.29. The van der Waals surface area contributed by atoms with Gasteiger partial charge >= 0.3 is 0 Å². The van der Waals surface area contributed by atoms with Crippen molar-refractivity contribution in [3.05, 3.63) is 70.3 Å². The standard InChI is InChI=1S/C20H21NO3/c1-4-15-12-16-17(24-15)10-11-21(19(16)23)13-18(22)20(2,3)14-8-6-5-7-9-14/h5-12H,4,13H2,1-3H3. The normalized spacial score (nSPS) is 11.8. The van der Waals surface area contributed by atoms with Crippen molar-refractivity contribution in [1.82, 2.24) is 4.57 Å². The largest absolute Gasteiger partial charge is 0.461 e. The SMILES string of the molecule is CCc1cc2c(=O)n(CC(=O)C(C)(C)c3ccccc3)ccc2o1. The van der Waals surface area contributed by atoms with Crippen LogP contribution in [0.4, 0.5) is 0 Å². The van der Waals surface area contributed by atoms with Crippen molar-refractivity contribution in [1.29, 1.82) is 0 Å². The lowest BCUT2D eigenvalue weighted by atomic mass is 9.80. The lowest BCUT2D eigenvalue weighted by Gasteiger charge is -2.24. The molecule has 0 amide bonds. The van der Waals surface area contributed by atoms with Crippen molar-refractivity contribution in [3.8, 4) is 0 Å². The van der Waals surface area contributed by atoms with Crippen molar-refractivity contribution in [2.24, 2.45) is 0 Å². The maximum absolute atomic E-state index is 12.8. The Bertz CT molecular complexity index is 932. The molecule has 0 saturated heterocycles. The van der Waals surface area contributed by atoms with E-state index < -0.39 is 5.41 Å². The Morgan fingerprint density at radius 1 is 1.17 bits per heavy atom. The maximum atomic E-state index is 12.8. The number of nitrogens with zero attached hydrogens (tertiary/aromatic N) is 1. The van der Waals surface area contributed by atoms with E-state index >= 15 is 0 Å². The number of fused-ring (bicyclic) bond motifs is 1. The topological polar surface area (TPSA) is 52.2 Å². The molecule has 0 bridgehead atoms. The molecule has 4 heteroatoms. The molecule has 2 heterocycles. The van der Waals surface area contributed by atoms with Gasteiger partial charge in [-0.1, -0.05) is 37.3 Å². The number of carbonyl (C=O) groups excluding carboxylic acids is 1. The molecule has 124 valence electrons. The molecule has 0 radical (unpaired) electrons. The fourth-order valence-corrected chi connectivity index (χ4v) is 2.80. The number of hydrogen-bond acceptors (Lipinski definition) is 3. The first kappa shape index (κ1) is 16.2. The lowest BCUT2D eigenvalue weighted by Crippen LogP contribution is -2.35. The van der Waals surface area contributed by atoms with Crippen LogP contribution in [-0.2, 0) is 23.2 Å². The zero-order valence-electron chi connectivity index (χ0n) is 14.2. The molecule has 0 unspecified atom stereocenters. The van der Waals surface area contributed by atoms with Gasteiger partial charge in [0.25, 0.3) is 5.56 Å². The number of Topliss-reactive ketones (excluding diaryl/α,β-unsaturated/α-hetero) is 1. The number of benzene rings is 1. The highest BCUT2D eigenvalue weighted by molar-refractivity contribution is 5.89. The highest BCUT2D eigenvalue weighted by atomic mass is 16.3. The third-order valence-electron chi connectivity index (χ3n) is 4.56.